The van der Waals surface area contributed by atoms with Crippen LogP contribution < -0.4 is 11.1 Å². The van der Waals surface area contributed by atoms with Crippen LogP contribution in [0.4, 0.5) is 5.69 Å². The summed E-state index contributed by atoms with van der Waals surface area (Å²) in [5, 5.41) is 3.74. The number of aliphatic imine (C=N–C) groups is 1. The molecule has 0 radical (unpaired) electrons. The number of nitrogens with two attached hydrogens (primary N) is 1. The van der Waals surface area contributed by atoms with Gasteiger partial charge in [0.25, 0.3) is 5.91 Å². The Morgan fingerprint density at radius 3 is 2.96 bits per heavy atom. The van der Waals surface area contributed by atoms with Gasteiger partial charge in [0.1, 0.15) is 5.15 Å². The van der Waals surface area contributed by atoms with Crippen molar-refractivity contribution in [2.45, 2.75) is 18.9 Å². The molecule has 0 bridgehead atoms. The minimum atomic E-state index is -0.397. The number of hydrogen-bond acceptors (Lipinski definition) is 5. The summed E-state index contributed by atoms with van der Waals surface area (Å²) in [5.41, 5.74) is 7.63. The topological polar surface area (TPSA) is 80.4 Å². The lowest BCUT2D eigenvalue weighted by molar-refractivity contribution is 0.102. The summed E-state index contributed by atoms with van der Waals surface area (Å²) in [5.74, 6) is 0.711. The van der Waals surface area contributed by atoms with Gasteiger partial charge in [-0.3, -0.25) is 9.79 Å². The molecule has 1 amide bonds. The van der Waals surface area contributed by atoms with Crippen LogP contribution in [-0.4, -0.2) is 21.8 Å². The molecule has 0 spiro atoms. The number of nitrogens with one attached hydrogen (secondary N) is 1. The largest absolute Gasteiger partial charge is 0.379 e. The fourth-order valence-electron chi connectivity index (χ4n) is 2.57. The van der Waals surface area contributed by atoms with E-state index in [1.165, 1.54) is 0 Å². The molecule has 0 saturated carbocycles. The van der Waals surface area contributed by atoms with Gasteiger partial charge in [-0.05, 0) is 43.2 Å². The predicted octanol–water partition coefficient (Wildman–Crippen LogP) is 3.65. The number of pyridine rings is 1. The van der Waals surface area contributed by atoms with Gasteiger partial charge in [0.05, 0.1) is 5.54 Å². The quantitative estimate of drug-likeness (QED) is 0.818. The van der Waals surface area contributed by atoms with Crippen molar-refractivity contribution in [2.24, 2.45) is 10.7 Å². The van der Waals surface area contributed by atoms with Gasteiger partial charge in [-0.25, -0.2) is 4.98 Å². The van der Waals surface area contributed by atoms with Crippen LogP contribution in [0.15, 0.2) is 47.6 Å². The van der Waals surface area contributed by atoms with Crippen molar-refractivity contribution in [3.05, 3.63) is 58.9 Å². The molecule has 1 aliphatic heterocycles. The number of carbonyl (C=O) groups is 1. The van der Waals surface area contributed by atoms with Crippen molar-refractivity contribution < 1.29 is 4.79 Å². The summed E-state index contributed by atoms with van der Waals surface area (Å²) < 4.78 is 0. The Morgan fingerprint density at radius 2 is 2.21 bits per heavy atom. The molecule has 24 heavy (non-hydrogen) atoms. The highest BCUT2D eigenvalue weighted by Crippen LogP contribution is 2.35. The molecule has 2 aromatic rings. The lowest BCUT2D eigenvalue weighted by Crippen LogP contribution is -2.29. The Morgan fingerprint density at radius 1 is 1.38 bits per heavy atom. The number of carbonyl (C=O) groups excluding carboxylic acids is 1. The zero-order valence-corrected chi connectivity index (χ0v) is 14.7. The first-order valence-electron chi connectivity index (χ1n) is 7.48. The van der Waals surface area contributed by atoms with Crippen LogP contribution in [0.25, 0.3) is 0 Å². The van der Waals surface area contributed by atoms with Crippen LogP contribution in [0.5, 0.6) is 0 Å². The SMILES string of the molecule is CC1(c2cccc(C(=O)Nc3ccnc(Cl)c3)c2)CCSC(N)=N1. The second-order valence-corrected chi connectivity index (χ2v) is 7.23. The lowest BCUT2D eigenvalue weighted by atomic mass is 9.88. The summed E-state index contributed by atoms with van der Waals surface area (Å²) in [6.45, 7) is 2.04. The molecular weight excluding hydrogens is 344 g/mol. The van der Waals surface area contributed by atoms with E-state index in [4.69, 9.17) is 17.3 Å². The second kappa shape index (κ2) is 6.83. The van der Waals surface area contributed by atoms with Gasteiger partial charge < -0.3 is 11.1 Å². The van der Waals surface area contributed by atoms with E-state index in [2.05, 4.69) is 15.3 Å². The lowest BCUT2D eigenvalue weighted by Gasteiger charge is -2.30. The minimum absolute atomic E-state index is 0.204. The van der Waals surface area contributed by atoms with Crippen LogP contribution in [0.2, 0.25) is 5.15 Å². The first-order chi connectivity index (χ1) is 11.5. The molecule has 3 rings (SSSR count). The van der Waals surface area contributed by atoms with E-state index in [1.54, 1.807) is 36.2 Å². The molecule has 0 saturated heterocycles. The van der Waals surface area contributed by atoms with Crippen LogP contribution in [-0.2, 0) is 5.54 Å². The van der Waals surface area contributed by atoms with Crippen LogP contribution >= 0.6 is 23.4 Å². The number of anilines is 1. The molecule has 124 valence electrons. The van der Waals surface area contributed by atoms with E-state index < -0.39 is 5.54 Å². The maximum Gasteiger partial charge on any atom is 0.255 e. The number of thioether (sulfide) groups is 1. The number of hydrogen-bond donors (Lipinski definition) is 2. The fourth-order valence-corrected chi connectivity index (χ4v) is 3.72. The molecule has 0 aliphatic carbocycles. The van der Waals surface area contributed by atoms with Crippen molar-refractivity contribution >= 4 is 40.1 Å². The summed E-state index contributed by atoms with van der Waals surface area (Å²) in [6.07, 6.45) is 2.43. The number of aromatic nitrogens is 1. The van der Waals surface area contributed by atoms with E-state index in [0.717, 1.165) is 17.7 Å². The van der Waals surface area contributed by atoms with Crippen LogP contribution in [0.3, 0.4) is 0 Å². The number of benzene rings is 1. The molecule has 1 aromatic carbocycles. The Bertz CT molecular complexity index is 811. The first kappa shape index (κ1) is 16.8. The number of amides is 1. The third kappa shape index (κ3) is 3.71. The average Bonchev–Trinajstić information content (AvgIpc) is 2.55. The van der Waals surface area contributed by atoms with Gasteiger partial charge in [-0.15, -0.1) is 0 Å². The summed E-state index contributed by atoms with van der Waals surface area (Å²) in [4.78, 5) is 21.0. The highest BCUT2D eigenvalue weighted by Gasteiger charge is 2.29. The Kier molecular flexibility index (Phi) is 4.78. The molecule has 2 heterocycles. The standard InChI is InChI=1S/C17H17ClN4OS/c1-17(6-8-24-16(19)22-17)12-4-2-3-11(9-12)15(23)21-13-5-7-20-14(18)10-13/h2-5,7,9-10H,6,8H2,1H3,(H2,19,22)(H,20,21,23). The Hall–Kier alpha value is -2.05. The van der Waals surface area contributed by atoms with Gasteiger partial charge in [-0.1, -0.05) is 35.5 Å². The van der Waals surface area contributed by atoms with Crippen molar-refractivity contribution in [3.8, 4) is 0 Å². The van der Waals surface area contributed by atoms with Crippen molar-refractivity contribution in [3.63, 3.8) is 0 Å². The zero-order valence-electron chi connectivity index (χ0n) is 13.1. The van der Waals surface area contributed by atoms with Gasteiger partial charge >= 0.3 is 0 Å². The van der Waals surface area contributed by atoms with Gasteiger partial charge in [0.15, 0.2) is 5.17 Å². The maximum atomic E-state index is 12.5. The van der Waals surface area contributed by atoms with E-state index in [9.17, 15) is 4.79 Å². The van der Waals surface area contributed by atoms with Gasteiger partial charge in [0.2, 0.25) is 0 Å². The van der Waals surface area contributed by atoms with E-state index in [0.29, 0.717) is 21.6 Å². The van der Waals surface area contributed by atoms with Crippen molar-refractivity contribution in [1.82, 2.24) is 4.98 Å². The minimum Gasteiger partial charge on any atom is -0.379 e. The third-order valence-electron chi connectivity index (χ3n) is 3.93. The normalized spacial score (nSPS) is 20.3. The highest BCUT2D eigenvalue weighted by molar-refractivity contribution is 8.13. The molecule has 3 N–H and O–H groups in total. The molecule has 5 nitrogen and oxygen atoms in total. The second-order valence-electron chi connectivity index (χ2n) is 5.72. The maximum absolute atomic E-state index is 12.5. The number of halogens is 1. The van der Waals surface area contributed by atoms with Gasteiger partial charge in [0, 0.05) is 23.2 Å². The summed E-state index contributed by atoms with van der Waals surface area (Å²) >= 11 is 7.40. The first-order valence-corrected chi connectivity index (χ1v) is 8.84. The van der Waals surface area contributed by atoms with E-state index in [1.807, 2.05) is 25.1 Å². The van der Waals surface area contributed by atoms with Crippen molar-refractivity contribution in [1.29, 1.82) is 0 Å². The molecular formula is C17H17ClN4OS. The average molecular weight is 361 g/mol. The molecule has 0 fully saturated rings. The van der Waals surface area contributed by atoms with E-state index in [-0.39, 0.29) is 5.91 Å². The molecule has 1 atom stereocenters. The van der Waals surface area contributed by atoms with Gasteiger partial charge in [-0.2, -0.15) is 0 Å². The van der Waals surface area contributed by atoms with Crippen LogP contribution in [0.1, 0.15) is 29.3 Å². The monoisotopic (exact) mass is 360 g/mol. The number of nitrogens with zero attached hydrogens (tertiary/aromatic N) is 2. The zero-order chi connectivity index (χ0) is 17.2. The molecule has 1 unspecified atom stereocenters. The predicted molar refractivity (Wildman–Crippen MR) is 99.7 cm³/mol. The highest BCUT2D eigenvalue weighted by atomic mass is 35.5. The number of rotatable bonds is 3. The Balaban J connectivity index is 1.85. The van der Waals surface area contributed by atoms with Crippen LogP contribution in [0, 0.1) is 0 Å². The third-order valence-corrected chi connectivity index (χ3v) is 4.93. The molecule has 1 aromatic heterocycles. The fraction of sp³-hybridized carbons (Fsp3) is 0.235. The summed E-state index contributed by atoms with van der Waals surface area (Å²) in [7, 11) is 0. The molecule has 7 heteroatoms. The smallest absolute Gasteiger partial charge is 0.255 e. The van der Waals surface area contributed by atoms with E-state index >= 15 is 0 Å². The Labute approximate surface area is 149 Å². The summed E-state index contributed by atoms with van der Waals surface area (Å²) in [6, 6.07) is 10.8. The molecule has 1 aliphatic rings. The van der Waals surface area contributed by atoms with Crippen molar-refractivity contribution in [2.75, 3.05) is 11.1 Å². The number of amidine groups is 1.